The van der Waals surface area contributed by atoms with Gasteiger partial charge in [-0.25, -0.2) is 0 Å². The molecule has 8 heteroatoms. The van der Waals surface area contributed by atoms with Crippen LogP contribution in [0.3, 0.4) is 0 Å². The third-order valence-corrected chi connectivity index (χ3v) is 4.90. The Morgan fingerprint density at radius 2 is 1.69 bits per heavy atom. The average Bonchev–Trinajstić information content (AvgIpc) is 2.80. The molecule has 2 N–H and O–H groups in total. The third kappa shape index (κ3) is 5.69. The van der Waals surface area contributed by atoms with Gasteiger partial charge in [-0.1, -0.05) is 48.5 Å². The van der Waals surface area contributed by atoms with Crippen molar-refractivity contribution in [3.63, 3.8) is 0 Å². The maximum absolute atomic E-state index is 12.7. The smallest absolute Gasteiger partial charge is 0.270 e. The normalized spacial score (nSPS) is 11.3. The Kier molecular flexibility index (Phi) is 7.17. The van der Waals surface area contributed by atoms with Gasteiger partial charge >= 0.3 is 0 Å². The molecule has 0 fully saturated rings. The van der Waals surface area contributed by atoms with E-state index in [1.54, 1.807) is 13.0 Å². The molecule has 0 aromatic heterocycles. The Bertz CT molecular complexity index is 1120. The second-order valence-corrected chi connectivity index (χ2v) is 7.35. The lowest BCUT2D eigenvalue weighted by molar-refractivity contribution is -0.384. The molecule has 0 aliphatic carbocycles. The lowest BCUT2D eigenvalue weighted by Gasteiger charge is -2.23. The van der Waals surface area contributed by atoms with Gasteiger partial charge in [-0.05, 0) is 30.7 Å². The Balaban J connectivity index is 1.67. The van der Waals surface area contributed by atoms with Crippen molar-refractivity contribution in [1.29, 1.82) is 0 Å². The fourth-order valence-electron chi connectivity index (χ4n) is 3.20. The molecule has 0 spiro atoms. The van der Waals surface area contributed by atoms with Crippen LogP contribution in [0.1, 0.15) is 22.8 Å². The predicted octanol–water partition coefficient (Wildman–Crippen LogP) is 3.99. The number of para-hydroxylation sites is 2. The van der Waals surface area contributed by atoms with Gasteiger partial charge in [-0.2, -0.15) is 0 Å². The molecule has 0 bridgehead atoms. The second-order valence-electron chi connectivity index (χ2n) is 7.35. The average molecular weight is 432 g/mol. The summed E-state index contributed by atoms with van der Waals surface area (Å²) in [6.45, 7) is 2.22. The number of rotatable bonds is 8. The van der Waals surface area contributed by atoms with E-state index in [0.29, 0.717) is 12.2 Å². The van der Waals surface area contributed by atoms with Gasteiger partial charge in [0, 0.05) is 31.3 Å². The van der Waals surface area contributed by atoms with Crippen LogP contribution >= 0.6 is 0 Å². The number of anilines is 2. The lowest BCUT2D eigenvalue weighted by Crippen LogP contribution is -2.41. The van der Waals surface area contributed by atoms with Crippen LogP contribution in [0.4, 0.5) is 17.1 Å². The summed E-state index contributed by atoms with van der Waals surface area (Å²) in [4.78, 5) is 37.5. The molecule has 2 amide bonds. The van der Waals surface area contributed by atoms with Crippen molar-refractivity contribution in [3.8, 4) is 0 Å². The third-order valence-electron chi connectivity index (χ3n) is 4.90. The van der Waals surface area contributed by atoms with Crippen molar-refractivity contribution in [3.05, 3.63) is 100 Å². The van der Waals surface area contributed by atoms with E-state index in [9.17, 15) is 19.7 Å². The second kappa shape index (κ2) is 10.2. The number of benzene rings is 3. The molecule has 1 unspecified atom stereocenters. The van der Waals surface area contributed by atoms with Gasteiger partial charge in [0.1, 0.15) is 6.04 Å². The Labute approximate surface area is 186 Å². The zero-order valence-corrected chi connectivity index (χ0v) is 17.8. The molecule has 3 aromatic carbocycles. The molecule has 0 aliphatic rings. The first-order chi connectivity index (χ1) is 15.3. The highest BCUT2D eigenvalue weighted by Gasteiger charge is 2.19. The first kappa shape index (κ1) is 22.5. The number of amides is 2. The summed E-state index contributed by atoms with van der Waals surface area (Å²) in [5, 5.41) is 16.4. The van der Waals surface area contributed by atoms with E-state index < -0.39 is 22.8 Å². The van der Waals surface area contributed by atoms with E-state index in [2.05, 4.69) is 10.6 Å². The number of non-ortho nitro benzene ring substituents is 1. The topological polar surface area (TPSA) is 105 Å². The summed E-state index contributed by atoms with van der Waals surface area (Å²) in [7, 11) is 1.94. The van der Waals surface area contributed by atoms with E-state index in [0.717, 1.165) is 11.3 Å². The van der Waals surface area contributed by atoms with Crippen LogP contribution in [0.5, 0.6) is 0 Å². The molecule has 0 heterocycles. The Morgan fingerprint density at radius 3 is 2.41 bits per heavy atom. The molecule has 0 saturated heterocycles. The summed E-state index contributed by atoms with van der Waals surface area (Å²) in [5.74, 6) is -0.963. The number of nitrogens with zero attached hydrogens (tertiary/aromatic N) is 2. The highest BCUT2D eigenvalue weighted by molar-refractivity contribution is 6.02. The lowest BCUT2D eigenvalue weighted by atomic mass is 10.1. The Hall–Kier alpha value is -4.20. The van der Waals surface area contributed by atoms with Crippen LogP contribution in [0.25, 0.3) is 0 Å². The van der Waals surface area contributed by atoms with Crippen molar-refractivity contribution in [1.82, 2.24) is 5.32 Å². The predicted molar refractivity (Wildman–Crippen MR) is 124 cm³/mol. The minimum Gasteiger partial charge on any atom is -0.369 e. The van der Waals surface area contributed by atoms with Crippen LogP contribution in [-0.2, 0) is 11.3 Å². The van der Waals surface area contributed by atoms with Gasteiger partial charge in [0.05, 0.1) is 16.3 Å². The highest BCUT2D eigenvalue weighted by atomic mass is 16.6. The number of hydrogen-bond donors (Lipinski definition) is 2. The summed E-state index contributed by atoms with van der Waals surface area (Å²) < 4.78 is 0. The number of nitro benzene ring substituents is 1. The summed E-state index contributed by atoms with van der Waals surface area (Å²) in [5.41, 5.74) is 2.51. The molecular formula is C24H24N4O4. The van der Waals surface area contributed by atoms with E-state index >= 15 is 0 Å². The molecule has 164 valence electrons. The van der Waals surface area contributed by atoms with E-state index in [-0.39, 0.29) is 11.3 Å². The molecular weight excluding hydrogens is 408 g/mol. The molecule has 0 radical (unpaired) electrons. The van der Waals surface area contributed by atoms with E-state index in [1.165, 1.54) is 24.3 Å². The fourth-order valence-corrected chi connectivity index (χ4v) is 3.20. The molecule has 0 saturated carbocycles. The van der Waals surface area contributed by atoms with Crippen molar-refractivity contribution in [2.24, 2.45) is 0 Å². The summed E-state index contributed by atoms with van der Waals surface area (Å²) >= 11 is 0. The van der Waals surface area contributed by atoms with Crippen molar-refractivity contribution in [2.45, 2.75) is 19.5 Å². The number of carbonyl (C=O) groups excluding carboxylic acids is 2. The molecule has 0 aliphatic heterocycles. The molecule has 1 atom stereocenters. The van der Waals surface area contributed by atoms with Gasteiger partial charge < -0.3 is 15.5 Å². The molecule has 32 heavy (non-hydrogen) atoms. The maximum Gasteiger partial charge on any atom is 0.270 e. The highest BCUT2D eigenvalue weighted by Crippen LogP contribution is 2.26. The van der Waals surface area contributed by atoms with Crippen LogP contribution in [0.15, 0.2) is 78.9 Å². The van der Waals surface area contributed by atoms with Gasteiger partial charge in [0.25, 0.3) is 11.6 Å². The Morgan fingerprint density at radius 1 is 1.00 bits per heavy atom. The van der Waals surface area contributed by atoms with Gasteiger partial charge in [0.2, 0.25) is 5.91 Å². The quantitative estimate of drug-likeness (QED) is 0.414. The minimum absolute atomic E-state index is 0.113. The van der Waals surface area contributed by atoms with Crippen molar-refractivity contribution in [2.75, 3.05) is 17.3 Å². The molecule has 3 rings (SSSR count). The zero-order valence-electron chi connectivity index (χ0n) is 17.8. The van der Waals surface area contributed by atoms with Crippen molar-refractivity contribution < 1.29 is 14.5 Å². The molecule has 3 aromatic rings. The van der Waals surface area contributed by atoms with E-state index in [4.69, 9.17) is 0 Å². The monoisotopic (exact) mass is 432 g/mol. The van der Waals surface area contributed by atoms with Crippen LogP contribution in [-0.4, -0.2) is 29.8 Å². The molecule has 8 nitrogen and oxygen atoms in total. The largest absolute Gasteiger partial charge is 0.369 e. The van der Waals surface area contributed by atoms with E-state index in [1.807, 2.05) is 60.5 Å². The summed E-state index contributed by atoms with van der Waals surface area (Å²) in [6, 6.07) is 21.9. The van der Waals surface area contributed by atoms with Gasteiger partial charge in [-0.15, -0.1) is 0 Å². The number of carbonyl (C=O) groups is 2. The van der Waals surface area contributed by atoms with Gasteiger partial charge in [-0.3, -0.25) is 19.7 Å². The number of nitro groups is 1. The zero-order chi connectivity index (χ0) is 23.1. The number of hydrogen-bond acceptors (Lipinski definition) is 5. The fraction of sp³-hybridized carbons (Fsp3) is 0.167. The van der Waals surface area contributed by atoms with Crippen LogP contribution in [0, 0.1) is 10.1 Å². The SMILES string of the molecule is CC(NC(=O)c1cccc([N+](=O)[O-])c1)C(=O)Nc1ccccc1N(C)Cc1ccccc1. The first-order valence-corrected chi connectivity index (χ1v) is 10.1. The first-order valence-electron chi connectivity index (χ1n) is 10.1. The summed E-state index contributed by atoms with van der Waals surface area (Å²) in [6.07, 6.45) is 0. The van der Waals surface area contributed by atoms with Crippen LogP contribution in [0.2, 0.25) is 0 Å². The standard InChI is InChI=1S/C24H24N4O4/c1-17(25-24(30)19-11-8-12-20(15-19)28(31)32)23(29)26-21-13-6-7-14-22(21)27(2)16-18-9-4-3-5-10-18/h3-15,17H,16H2,1-2H3,(H,25,30)(H,26,29). The maximum atomic E-state index is 12.7. The number of nitrogens with one attached hydrogen (secondary N) is 2. The van der Waals surface area contributed by atoms with Crippen molar-refractivity contribution >= 4 is 28.9 Å². The van der Waals surface area contributed by atoms with Gasteiger partial charge in [0.15, 0.2) is 0 Å². The minimum atomic E-state index is -0.853. The van der Waals surface area contributed by atoms with Crippen LogP contribution < -0.4 is 15.5 Å².